The van der Waals surface area contributed by atoms with Gasteiger partial charge < -0.3 is 10.0 Å². The molecular formula is C12H24N2O. The summed E-state index contributed by atoms with van der Waals surface area (Å²) in [5, 5.41) is 9.05. The molecule has 0 unspecified atom stereocenters. The molecule has 1 aliphatic carbocycles. The van der Waals surface area contributed by atoms with Gasteiger partial charge in [-0.1, -0.05) is 6.42 Å². The number of nitrogens with zero attached hydrogens (tertiary/aromatic N) is 2. The van der Waals surface area contributed by atoms with Crippen LogP contribution in [0, 0.1) is 0 Å². The highest BCUT2D eigenvalue weighted by molar-refractivity contribution is 4.88. The van der Waals surface area contributed by atoms with Gasteiger partial charge in [-0.05, 0) is 39.3 Å². The lowest BCUT2D eigenvalue weighted by atomic mass is 10.0. The first-order chi connectivity index (χ1) is 7.31. The molecule has 1 atom stereocenters. The molecule has 0 aromatic carbocycles. The van der Waals surface area contributed by atoms with Gasteiger partial charge in [-0.25, -0.2) is 0 Å². The summed E-state index contributed by atoms with van der Waals surface area (Å²) < 4.78 is 0. The van der Waals surface area contributed by atoms with Crippen LogP contribution in [-0.2, 0) is 0 Å². The molecule has 3 nitrogen and oxygen atoms in total. The minimum Gasteiger partial charge on any atom is -0.395 e. The lowest BCUT2D eigenvalue weighted by Crippen LogP contribution is -2.46. The lowest BCUT2D eigenvalue weighted by molar-refractivity contribution is 0.109. The number of likely N-dealkylation sites (N-methyl/N-ethyl adjacent to an activating group) is 1. The zero-order valence-electron chi connectivity index (χ0n) is 9.86. The van der Waals surface area contributed by atoms with Gasteiger partial charge in [0.2, 0.25) is 0 Å². The monoisotopic (exact) mass is 212 g/mol. The molecule has 1 saturated carbocycles. The molecule has 0 aromatic rings. The van der Waals surface area contributed by atoms with E-state index in [1.165, 1.54) is 45.2 Å². The van der Waals surface area contributed by atoms with Crippen molar-refractivity contribution in [1.82, 2.24) is 9.80 Å². The standard InChI is InChI=1S/C12H24N2O/c1-13-7-3-2-4-12(13)10-14(8-9-15)11-5-6-11/h11-12,15H,2-10H2,1H3/t12-/m1/s1. The van der Waals surface area contributed by atoms with Gasteiger partial charge in [0.25, 0.3) is 0 Å². The molecule has 3 heteroatoms. The normalized spacial score (nSPS) is 28.6. The van der Waals surface area contributed by atoms with Crippen LogP contribution in [-0.4, -0.2) is 60.3 Å². The van der Waals surface area contributed by atoms with Crippen molar-refractivity contribution in [2.75, 3.05) is 33.3 Å². The summed E-state index contributed by atoms with van der Waals surface area (Å²) >= 11 is 0. The SMILES string of the molecule is CN1CCCC[C@@H]1CN(CCO)C1CC1. The molecule has 88 valence electrons. The molecule has 2 rings (SSSR count). The minimum absolute atomic E-state index is 0.312. The molecule has 0 spiro atoms. The quantitative estimate of drug-likeness (QED) is 0.734. The molecule has 1 saturated heterocycles. The van der Waals surface area contributed by atoms with Gasteiger partial charge in [0.1, 0.15) is 0 Å². The maximum absolute atomic E-state index is 9.05. The van der Waals surface area contributed by atoms with Crippen molar-refractivity contribution in [2.45, 2.75) is 44.2 Å². The van der Waals surface area contributed by atoms with Gasteiger partial charge in [-0.3, -0.25) is 4.90 Å². The van der Waals surface area contributed by atoms with Crippen LogP contribution >= 0.6 is 0 Å². The van der Waals surface area contributed by atoms with Crippen molar-refractivity contribution in [1.29, 1.82) is 0 Å². The van der Waals surface area contributed by atoms with Gasteiger partial charge in [-0.15, -0.1) is 0 Å². The van der Waals surface area contributed by atoms with E-state index in [1.807, 2.05) is 0 Å². The van der Waals surface area contributed by atoms with Crippen LogP contribution in [0.15, 0.2) is 0 Å². The molecule has 0 amide bonds. The van der Waals surface area contributed by atoms with E-state index >= 15 is 0 Å². The van der Waals surface area contributed by atoms with Crippen LogP contribution in [0.5, 0.6) is 0 Å². The Labute approximate surface area is 93.1 Å². The van der Waals surface area contributed by atoms with E-state index in [1.54, 1.807) is 0 Å². The van der Waals surface area contributed by atoms with Gasteiger partial charge in [0.15, 0.2) is 0 Å². The fraction of sp³-hybridized carbons (Fsp3) is 1.00. The van der Waals surface area contributed by atoms with E-state index in [0.717, 1.165) is 18.6 Å². The van der Waals surface area contributed by atoms with Crippen molar-refractivity contribution < 1.29 is 5.11 Å². The Bertz CT molecular complexity index is 192. The number of rotatable bonds is 5. The van der Waals surface area contributed by atoms with Gasteiger partial charge in [0.05, 0.1) is 6.61 Å². The molecule has 15 heavy (non-hydrogen) atoms. The van der Waals surface area contributed by atoms with Crippen molar-refractivity contribution in [2.24, 2.45) is 0 Å². The Morgan fingerprint density at radius 1 is 1.27 bits per heavy atom. The van der Waals surface area contributed by atoms with Crippen LogP contribution in [0.2, 0.25) is 0 Å². The summed E-state index contributed by atoms with van der Waals surface area (Å²) in [5.41, 5.74) is 0. The highest BCUT2D eigenvalue weighted by atomic mass is 16.3. The summed E-state index contributed by atoms with van der Waals surface area (Å²) in [5.74, 6) is 0. The maximum Gasteiger partial charge on any atom is 0.0558 e. The fourth-order valence-electron chi connectivity index (χ4n) is 2.64. The van der Waals surface area contributed by atoms with E-state index in [2.05, 4.69) is 16.8 Å². The zero-order valence-corrected chi connectivity index (χ0v) is 9.86. The zero-order chi connectivity index (χ0) is 10.7. The average Bonchev–Trinajstić information content (AvgIpc) is 3.04. The van der Waals surface area contributed by atoms with Gasteiger partial charge >= 0.3 is 0 Å². The number of aliphatic hydroxyl groups excluding tert-OH is 1. The Hall–Kier alpha value is -0.120. The third-order valence-corrected chi connectivity index (χ3v) is 3.82. The molecule has 2 fully saturated rings. The van der Waals surface area contributed by atoms with E-state index in [4.69, 9.17) is 5.11 Å². The summed E-state index contributed by atoms with van der Waals surface area (Å²) in [7, 11) is 2.24. The number of hydrogen-bond donors (Lipinski definition) is 1. The van der Waals surface area contributed by atoms with Crippen LogP contribution in [0.4, 0.5) is 0 Å². The first-order valence-corrected chi connectivity index (χ1v) is 6.36. The molecule has 0 aromatic heterocycles. The highest BCUT2D eigenvalue weighted by Crippen LogP contribution is 2.28. The van der Waals surface area contributed by atoms with Crippen molar-refractivity contribution in [3.63, 3.8) is 0 Å². The predicted octanol–water partition coefficient (Wildman–Crippen LogP) is 0.927. The Balaban J connectivity index is 1.81. The van der Waals surface area contributed by atoms with Crippen molar-refractivity contribution in [3.05, 3.63) is 0 Å². The van der Waals surface area contributed by atoms with Crippen LogP contribution < -0.4 is 0 Å². The second kappa shape index (κ2) is 5.28. The van der Waals surface area contributed by atoms with E-state index in [0.29, 0.717) is 6.61 Å². The van der Waals surface area contributed by atoms with E-state index < -0.39 is 0 Å². The Morgan fingerprint density at radius 2 is 2.07 bits per heavy atom. The highest BCUT2D eigenvalue weighted by Gasteiger charge is 2.31. The summed E-state index contributed by atoms with van der Waals surface area (Å²) in [6.45, 7) is 3.60. The number of hydrogen-bond acceptors (Lipinski definition) is 3. The Morgan fingerprint density at radius 3 is 2.67 bits per heavy atom. The first kappa shape index (κ1) is 11.4. The minimum atomic E-state index is 0.312. The van der Waals surface area contributed by atoms with Crippen LogP contribution in [0.1, 0.15) is 32.1 Å². The second-order valence-corrected chi connectivity index (χ2v) is 5.08. The van der Waals surface area contributed by atoms with Crippen LogP contribution in [0.25, 0.3) is 0 Å². The molecule has 1 aliphatic heterocycles. The first-order valence-electron chi connectivity index (χ1n) is 6.36. The van der Waals surface area contributed by atoms with Gasteiger partial charge in [0, 0.05) is 25.2 Å². The molecule has 0 radical (unpaired) electrons. The summed E-state index contributed by atoms with van der Waals surface area (Å²) in [6.07, 6.45) is 6.76. The molecule has 2 aliphatic rings. The largest absolute Gasteiger partial charge is 0.395 e. The average molecular weight is 212 g/mol. The van der Waals surface area contributed by atoms with Crippen LogP contribution in [0.3, 0.4) is 0 Å². The Kier molecular flexibility index (Phi) is 4.00. The number of piperidine rings is 1. The predicted molar refractivity (Wildman–Crippen MR) is 61.9 cm³/mol. The third-order valence-electron chi connectivity index (χ3n) is 3.82. The van der Waals surface area contributed by atoms with Crippen molar-refractivity contribution >= 4 is 0 Å². The topological polar surface area (TPSA) is 26.7 Å². The number of aliphatic hydroxyl groups is 1. The maximum atomic E-state index is 9.05. The summed E-state index contributed by atoms with van der Waals surface area (Å²) in [6, 6.07) is 1.51. The van der Waals surface area contributed by atoms with Gasteiger partial charge in [-0.2, -0.15) is 0 Å². The van der Waals surface area contributed by atoms with Crippen molar-refractivity contribution in [3.8, 4) is 0 Å². The molecule has 1 N–H and O–H groups in total. The molecule has 1 heterocycles. The smallest absolute Gasteiger partial charge is 0.0558 e. The second-order valence-electron chi connectivity index (χ2n) is 5.08. The summed E-state index contributed by atoms with van der Waals surface area (Å²) in [4.78, 5) is 4.99. The molecular weight excluding hydrogens is 188 g/mol. The number of likely N-dealkylation sites (tertiary alicyclic amines) is 1. The molecule has 0 bridgehead atoms. The third kappa shape index (κ3) is 3.16. The lowest BCUT2D eigenvalue weighted by Gasteiger charge is -2.36. The fourth-order valence-corrected chi connectivity index (χ4v) is 2.64. The van der Waals surface area contributed by atoms with E-state index in [9.17, 15) is 0 Å². The van der Waals surface area contributed by atoms with E-state index in [-0.39, 0.29) is 0 Å².